The van der Waals surface area contributed by atoms with E-state index in [0.717, 1.165) is 24.3 Å². The van der Waals surface area contributed by atoms with Crippen LogP contribution in [0.15, 0.2) is 33.5 Å². The molecule has 0 radical (unpaired) electrons. The minimum absolute atomic E-state index is 0.0882. The van der Waals surface area contributed by atoms with E-state index >= 15 is 0 Å². The van der Waals surface area contributed by atoms with Crippen LogP contribution in [0.2, 0.25) is 0 Å². The normalized spacial score (nSPS) is 11.4. The topological polar surface area (TPSA) is 124 Å². The second kappa shape index (κ2) is 7.89. The monoisotopic (exact) mass is 425 g/mol. The van der Waals surface area contributed by atoms with Gasteiger partial charge in [-0.15, -0.1) is 13.2 Å². The van der Waals surface area contributed by atoms with Crippen molar-refractivity contribution in [3.8, 4) is 5.75 Å². The van der Waals surface area contributed by atoms with Crippen LogP contribution in [0.3, 0.4) is 0 Å². The maximum Gasteiger partial charge on any atom is 0.573 e. The predicted molar refractivity (Wildman–Crippen MR) is 96.1 cm³/mol. The second-order valence-electron chi connectivity index (χ2n) is 6.07. The lowest BCUT2D eigenvalue weighted by Crippen LogP contribution is -2.21. The van der Waals surface area contributed by atoms with Gasteiger partial charge >= 0.3 is 12.3 Å². The molecule has 158 valence electrons. The number of rotatable bonds is 5. The summed E-state index contributed by atoms with van der Waals surface area (Å²) in [7, 11) is 0. The van der Waals surface area contributed by atoms with Crippen LogP contribution in [0.25, 0.3) is 10.8 Å². The molecule has 3 rings (SSSR count). The lowest BCUT2D eigenvalue weighted by molar-refractivity contribution is -0.274. The molecule has 0 unspecified atom stereocenters. The number of anilines is 1. The molecule has 0 saturated carbocycles. The van der Waals surface area contributed by atoms with Crippen LogP contribution in [0, 0.1) is 13.8 Å². The van der Waals surface area contributed by atoms with Gasteiger partial charge in [0.1, 0.15) is 16.9 Å². The molecule has 0 saturated heterocycles. The summed E-state index contributed by atoms with van der Waals surface area (Å²) in [6, 6.07) is 3.98. The van der Waals surface area contributed by atoms with Crippen molar-refractivity contribution in [1.82, 2.24) is 10.2 Å². The third-order valence-corrected chi connectivity index (χ3v) is 3.91. The number of amides is 1. The molecule has 0 aliphatic heterocycles. The molecule has 30 heavy (non-hydrogen) atoms. The molecule has 2 aromatic heterocycles. The highest BCUT2D eigenvalue weighted by Gasteiger charge is 2.31. The quantitative estimate of drug-likeness (QED) is 0.603. The van der Waals surface area contributed by atoms with E-state index < -0.39 is 36.2 Å². The highest BCUT2D eigenvalue weighted by Crippen LogP contribution is 2.28. The summed E-state index contributed by atoms with van der Waals surface area (Å²) in [4.78, 5) is 36.1. The van der Waals surface area contributed by atoms with Crippen LogP contribution in [-0.2, 0) is 9.53 Å². The summed E-state index contributed by atoms with van der Waals surface area (Å²) in [6.45, 7) is 2.53. The number of carbonyl (C=O) groups excluding carboxylic acids is 2. The fourth-order valence-electron chi connectivity index (χ4n) is 2.70. The number of furan rings is 1. The summed E-state index contributed by atoms with van der Waals surface area (Å²) < 4.78 is 50.4. The van der Waals surface area contributed by atoms with Crippen molar-refractivity contribution < 1.29 is 36.7 Å². The first-order valence-corrected chi connectivity index (χ1v) is 8.36. The summed E-state index contributed by atoms with van der Waals surface area (Å²) in [5.74, 6) is -1.99. The number of aryl methyl sites for hydroxylation is 2. The number of aromatic nitrogens is 2. The number of esters is 1. The standard InChI is InChI=1S/C18H14F3N3O6/c1-8-13-9(2)29-16(14(13)15(26)24-23-8)22-12(25)7-28-17(27)10-3-5-11(6-4-10)30-18(19,20)21/h3-6H,7H2,1-2H3,(H,22,25)(H,24,26). The van der Waals surface area contributed by atoms with E-state index in [-0.39, 0.29) is 16.8 Å². The number of nitrogens with one attached hydrogen (secondary N) is 2. The Balaban J connectivity index is 1.64. The summed E-state index contributed by atoms with van der Waals surface area (Å²) in [6.07, 6.45) is -4.86. The Morgan fingerprint density at radius 2 is 1.83 bits per heavy atom. The lowest BCUT2D eigenvalue weighted by atomic mass is 10.2. The van der Waals surface area contributed by atoms with Crippen LogP contribution >= 0.6 is 0 Å². The second-order valence-corrected chi connectivity index (χ2v) is 6.07. The molecule has 3 aromatic rings. The highest BCUT2D eigenvalue weighted by molar-refractivity contribution is 6.02. The van der Waals surface area contributed by atoms with Crippen LogP contribution < -0.4 is 15.6 Å². The first-order valence-electron chi connectivity index (χ1n) is 8.36. The summed E-state index contributed by atoms with van der Waals surface area (Å²) in [5.41, 5.74) is -0.161. The number of H-pyrrole nitrogens is 1. The van der Waals surface area contributed by atoms with E-state index in [1.165, 1.54) is 0 Å². The van der Waals surface area contributed by atoms with Gasteiger partial charge in [-0.05, 0) is 38.1 Å². The molecule has 1 amide bonds. The summed E-state index contributed by atoms with van der Waals surface area (Å²) >= 11 is 0. The van der Waals surface area contributed by atoms with Crippen LogP contribution in [0.5, 0.6) is 5.75 Å². The van der Waals surface area contributed by atoms with Gasteiger partial charge in [-0.3, -0.25) is 14.9 Å². The van der Waals surface area contributed by atoms with E-state index in [1.807, 2.05) is 0 Å². The molecule has 1 aromatic carbocycles. The molecule has 2 heterocycles. The SMILES string of the molecule is Cc1n[nH]c(=O)c2c(NC(=O)COC(=O)c3ccc(OC(F)(F)F)cc3)oc(C)c12. The molecular formula is C18H14F3N3O6. The van der Waals surface area contributed by atoms with Crippen LogP contribution in [-0.4, -0.2) is 35.0 Å². The first kappa shape index (κ1) is 20.9. The van der Waals surface area contributed by atoms with Gasteiger partial charge in [0.15, 0.2) is 6.61 Å². The Morgan fingerprint density at radius 3 is 2.47 bits per heavy atom. The van der Waals surface area contributed by atoms with Crippen molar-refractivity contribution >= 4 is 28.5 Å². The van der Waals surface area contributed by atoms with Gasteiger partial charge < -0.3 is 13.9 Å². The molecule has 0 aliphatic rings. The molecule has 0 bridgehead atoms. The fraction of sp³-hybridized carbons (Fsp3) is 0.222. The zero-order chi connectivity index (χ0) is 22.1. The molecule has 0 atom stereocenters. The minimum Gasteiger partial charge on any atom is -0.452 e. The van der Waals surface area contributed by atoms with Gasteiger partial charge in [0, 0.05) is 0 Å². The van der Waals surface area contributed by atoms with Crippen LogP contribution in [0.1, 0.15) is 21.8 Å². The Kier molecular flexibility index (Phi) is 5.49. The molecule has 0 aliphatic carbocycles. The number of hydrogen-bond acceptors (Lipinski definition) is 7. The number of ether oxygens (including phenoxy) is 2. The van der Waals surface area contributed by atoms with Gasteiger partial charge in [0.05, 0.1) is 16.6 Å². The van der Waals surface area contributed by atoms with E-state index in [4.69, 9.17) is 9.15 Å². The van der Waals surface area contributed by atoms with Crippen molar-refractivity contribution in [3.63, 3.8) is 0 Å². The number of fused-ring (bicyclic) bond motifs is 1. The lowest BCUT2D eigenvalue weighted by Gasteiger charge is -2.09. The largest absolute Gasteiger partial charge is 0.573 e. The number of halogens is 3. The van der Waals surface area contributed by atoms with E-state index in [2.05, 4.69) is 20.3 Å². The number of alkyl halides is 3. The average molecular weight is 425 g/mol. The van der Waals surface area contributed by atoms with Gasteiger partial charge in [-0.2, -0.15) is 5.10 Å². The van der Waals surface area contributed by atoms with Gasteiger partial charge in [-0.1, -0.05) is 0 Å². The molecule has 0 spiro atoms. The minimum atomic E-state index is -4.86. The smallest absolute Gasteiger partial charge is 0.452 e. The number of aromatic amines is 1. The average Bonchev–Trinajstić information content (AvgIpc) is 2.99. The van der Waals surface area contributed by atoms with Crippen molar-refractivity contribution in [2.45, 2.75) is 20.2 Å². The number of nitrogens with zero attached hydrogens (tertiary/aromatic N) is 1. The molecule has 0 fully saturated rings. The zero-order valence-electron chi connectivity index (χ0n) is 15.5. The van der Waals surface area contributed by atoms with Gasteiger partial charge in [0.2, 0.25) is 5.88 Å². The number of benzene rings is 1. The highest BCUT2D eigenvalue weighted by atomic mass is 19.4. The molecule has 2 N–H and O–H groups in total. The van der Waals surface area contributed by atoms with Crippen molar-refractivity contribution in [2.24, 2.45) is 0 Å². The van der Waals surface area contributed by atoms with E-state index in [0.29, 0.717) is 16.8 Å². The van der Waals surface area contributed by atoms with Gasteiger partial charge in [-0.25, -0.2) is 9.89 Å². The maximum atomic E-state index is 12.1. The van der Waals surface area contributed by atoms with Crippen LogP contribution in [0.4, 0.5) is 19.1 Å². The Morgan fingerprint density at radius 1 is 1.17 bits per heavy atom. The predicted octanol–water partition coefficient (Wildman–Crippen LogP) is 2.83. The van der Waals surface area contributed by atoms with Crippen molar-refractivity contribution in [3.05, 3.63) is 51.6 Å². The Hall–Kier alpha value is -3.83. The number of hydrogen-bond donors (Lipinski definition) is 2. The molecule has 12 heteroatoms. The van der Waals surface area contributed by atoms with E-state index in [1.54, 1.807) is 13.8 Å². The number of carbonyl (C=O) groups is 2. The fourth-order valence-corrected chi connectivity index (χ4v) is 2.70. The Labute approximate surface area is 165 Å². The first-order chi connectivity index (χ1) is 14.0. The van der Waals surface area contributed by atoms with Gasteiger partial charge in [0.25, 0.3) is 11.5 Å². The van der Waals surface area contributed by atoms with E-state index in [9.17, 15) is 27.6 Å². The van der Waals surface area contributed by atoms with Crippen molar-refractivity contribution in [2.75, 3.05) is 11.9 Å². The van der Waals surface area contributed by atoms with Crippen molar-refractivity contribution in [1.29, 1.82) is 0 Å². The Bertz CT molecular complexity index is 1160. The molecular weight excluding hydrogens is 411 g/mol. The third kappa shape index (κ3) is 4.59. The molecule has 9 nitrogen and oxygen atoms in total. The summed E-state index contributed by atoms with van der Waals surface area (Å²) in [5, 5.41) is 8.99. The zero-order valence-corrected chi connectivity index (χ0v) is 15.5. The maximum absolute atomic E-state index is 12.1. The third-order valence-electron chi connectivity index (χ3n) is 3.91.